The van der Waals surface area contributed by atoms with E-state index in [0.717, 1.165) is 0 Å². The summed E-state index contributed by atoms with van der Waals surface area (Å²) in [5.41, 5.74) is -6.79. The van der Waals surface area contributed by atoms with E-state index in [1.54, 1.807) is 0 Å². The van der Waals surface area contributed by atoms with Crippen LogP contribution in [0.2, 0.25) is 0 Å². The number of carbonyl (C=O) groups is 1. The quantitative estimate of drug-likeness (QED) is 0.403. The van der Waals surface area contributed by atoms with Gasteiger partial charge in [-0.1, -0.05) is 0 Å². The third-order valence-corrected chi connectivity index (χ3v) is 1.77. The van der Waals surface area contributed by atoms with Gasteiger partial charge in [-0.2, -0.15) is 21.6 Å². The zero-order chi connectivity index (χ0) is 12.5. The van der Waals surface area contributed by atoms with Crippen LogP contribution in [0.25, 0.3) is 0 Å². The summed E-state index contributed by atoms with van der Waals surface area (Å²) < 4.78 is 63.1. The summed E-state index contributed by atoms with van der Waals surface area (Å²) in [5, 5.41) is 0. The van der Waals surface area contributed by atoms with E-state index in [-0.39, 0.29) is 0 Å². The predicted octanol–water partition coefficient (Wildman–Crippen LogP) is 1.79. The van der Waals surface area contributed by atoms with Gasteiger partial charge < -0.3 is 8.92 Å². The lowest BCUT2D eigenvalue weighted by Gasteiger charge is -2.18. The van der Waals surface area contributed by atoms with Gasteiger partial charge in [0, 0.05) is 0 Å². The zero-order valence-electron chi connectivity index (χ0n) is 8.08. The number of rotatable bonds is 1. The normalized spacial score (nSPS) is 13.5. The van der Waals surface area contributed by atoms with Crippen molar-refractivity contribution in [3.05, 3.63) is 0 Å². The van der Waals surface area contributed by atoms with Crippen molar-refractivity contribution in [3.8, 4) is 0 Å². The van der Waals surface area contributed by atoms with Crippen molar-refractivity contribution in [2.75, 3.05) is 0 Å². The van der Waals surface area contributed by atoms with E-state index in [0.29, 0.717) is 0 Å². The maximum Gasteiger partial charge on any atom is 0.534 e. The Labute approximate surface area is 84.3 Å². The van der Waals surface area contributed by atoms with E-state index in [1.165, 1.54) is 20.8 Å². The predicted molar refractivity (Wildman–Crippen MR) is 42.3 cm³/mol. The van der Waals surface area contributed by atoms with Gasteiger partial charge in [0.1, 0.15) is 5.60 Å². The SMILES string of the molecule is CC(C)(C)OC(=O)OS(=O)(=O)C(F)(F)F. The number of halogens is 3. The van der Waals surface area contributed by atoms with Gasteiger partial charge in [-0.05, 0) is 20.8 Å². The fourth-order valence-electron chi connectivity index (χ4n) is 0.404. The molecule has 0 atom stereocenters. The van der Waals surface area contributed by atoms with Crippen LogP contribution in [0.3, 0.4) is 0 Å². The van der Waals surface area contributed by atoms with Crippen molar-refractivity contribution in [2.45, 2.75) is 31.9 Å². The summed E-state index contributed by atoms with van der Waals surface area (Å²) in [6.45, 7) is 4.03. The lowest BCUT2D eigenvalue weighted by molar-refractivity contribution is -0.0563. The molecule has 0 amide bonds. The third-order valence-electron chi connectivity index (χ3n) is 0.851. The van der Waals surface area contributed by atoms with Crippen molar-refractivity contribution in [1.29, 1.82) is 0 Å². The van der Waals surface area contributed by atoms with Crippen LogP contribution in [0.5, 0.6) is 0 Å². The lowest BCUT2D eigenvalue weighted by atomic mass is 10.2. The van der Waals surface area contributed by atoms with E-state index in [1.807, 2.05) is 0 Å². The van der Waals surface area contributed by atoms with Crippen molar-refractivity contribution >= 4 is 16.3 Å². The van der Waals surface area contributed by atoms with Crippen molar-refractivity contribution in [1.82, 2.24) is 0 Å². The highest BCUT2D eigenvalue weighted by atomic mass is 32.2. The Kier molecular flexibility index (Phi) is 3.62. The molecule has 0 saturated carbocycles. The first-order chi connectivity index (χ1) is 6.35. The maximum absolute atomic E-state index is 11.7. The van der Waals surface area contributed by atoms with Crippen LogP contribution in [0.4, 0.5) is 18.0 Å². The van der Waals surface area contributed by atoms with Gasteiger partial charge in [0.2, 0.25) is 0 Å². The van der Waals surface area contributed by atoms with Gasteiger partial charge in [-0.15, -0.1) is 0 Å². The van der Waals surface area contributed by atoms with Crippen LogP contribution in [0.1, 0.15) is 20.8 Å². The molecule has 0 aromatic heterocycles. The molecule has 0 aliphatic heterocycles. The Bertz CT molecular complexity index is 337. The minimum atomic E-state index is -5.94. The molecule has 0 aliphatic rings. The van der Waals surface area contributed by atoms with Crippen LogP contribution >= 0.6 is 0 Å². The Hall–Kier alpha value is -0.990. The van der Waals surface area contributed by atoms with E-state index in [2.05, 4.69) is 8.92 Å². The number of hydrogen-bond acceptors (Lipinski definition) is 5. The fourth-order valence-corrected chi connectivity index (χ4v) is 0.711. The largest absolute Gasteiger partial charge is 0.534 e. The first kappa shape index (κ1) is 14.0. The average Bonchev–Trinajstić information content (AvgIpc) is 1.75. The molecule has 0 aliphatic carbocycles. The molecule has 0 rings (SSSR count). The first-order valence-electron chi connectivity index (χ1n) is 3.59. The van der Waals surface area contributed by atoms with Crippen molar-refractivity contribution in [3.63, 3.8) is 0 Å². The second-order valence-electron chi connectivity index (χ2n) is 3.45. The van der Waals surface area contributed by atoms with E-state index >= 15 is 0 Å². The Balaban J connectivity index is 4.58. The van der Waals surface area contributed by atoms with Gasteiger partial charge in [-0.25, -0.2) is 4.79 Å². The van der Waals surface area contributed by atoms with Crippen molar-refractivity contribution < 1.29 is 35.3 Å². The average molecular weight is 250 g/mol. The maximum atomic E-state index is 11.7. The smallest absolute Gasteiger partial charge is 0.428 e. The molecule has 0 aromatic rings. The van der Waals surface area contributed by atoms with Gasteiger partial charge in [-0.3, -0.25) is 0 Å². The molecule has 0 heterocycles. The zero-order valence-corrected chi connectivity index (χ0v) is 8.90. The molecular weight excluding hydrogens is 241 g/mol. The summed E-state index contributed by atoms with van der Waals surface area (Å²) in [7, 11) is -5.94. The van der Waals surface area contributed by atoms with Gasteiger partial charge >= 0.3 is 21.8 Å². The first-order valence-corrected chi connectivity index (χ1v) is 5.00. The number of ether oxygens (including phenoxy) is 1. The molecule has 0 aromatic carbocycles. The lowest BCUT2D eigenvalue weighted by Crippen LogP contribution is -2.31. The minimum Gasteiger partial charge on any atom is -0.428 e. The van der Waals surface area contributed by atoms with Crippen LogP contribution in [0, 0.1) is 0 Å². The van der Waals surface area contributed by atoms with Crippen LogP contribution in [-0.4, -0.2) is 25.7 Å². The molecule has 9 heteroatoms. The number of carbonyl (C=O) groups excluding carboxylic acids is 1. The Morgan fingerprint density at radius 1 is 1.13 bits per heavy atom. The summed E-state index contributed by atoms with van der Waals surface area (Å²) >= 11 is 0. The highest BCUT2D eigenvalue weighted by Gasteiger charge is 2.50. The second-order valence-corrected chi connectivity index (χ2v) is 4.99. The van der Waals surface area contributed by atoms with Crippen molar-refractivity contribution in [2.24, 2.45) is 0 Å². The molecule has 0 spiro atoms. The molecule has 15 heavy (non-hydrogen) atoms. The van der Waals surface area contributed by atoms with Crippen LogP contribution < -0.4 is 0 Å². The van der Waals surface area contributed by atoms with Gasteiger partial charge in [0.05, 0.1) is 0 Å². The Morgan fingerprint density at radius 2 is 1.53 bits per heavy atom. The third kappa shape index (κ3) is 4.86. The number of hydrogen-bond donors (Lipinski definition) is 0. The molecule has 0 fully saturated rings. The topological polar surface area (TPSA) is 69.7 Å². The monoisotopic (exact) mass is 250 g/mol. The molecule has 0 unspecified atom stereocenters. The highest BCUT2D eigenvalue weighted by molar-refractivity contribution is 7.88. The summed E-state index contributed by atoms with van der Waals surface area (Å²) in [6, 6.07) is 0. The summed E-state index contributed by atoms with van der Waals surface area (Å²) in [4.78, 5) is 10.6. The summed E-state index contributed by atoms with van der Waals surface area (Å²) in [6.07, 6.45) is -1.92. The van der Waals surface area contributed by atoms with Gasteiger partial charge in [0.25, 0.3) is 0 Å². The van der Waals surface area contributed by atoms with Crippen LogP contribution in [0.15, 0.2) is 0 Å². The molecule has 5 nitrogen and oxygen atoms in total. The standard InChI is InChI=1S/C6H9F3O5S/c1-5(2,3)13-4(10)14-15(11,12)6(7,8)9/h1-3H3. The van der Waals surface area contributed by atoms with Crippen LogP contribution in [-0.2, 0) is 19.0 Å². The molecule has 90 valence electrons. The molecule has 0 N–H and O–H groups in total. The minimum absolute atomic E-state index is 1.14. The number of alkyl halides is 3. The molecule has 0 radical (unpaired) electrons. The molecule has 0 saturated heterocycles. The highest BCUT2D eigenvalue weighted by Crippen LogP contribution is 2.25. The summed E-state index contributed by atoms with van der Waals surface area (Å²) in [5.74, 6) is 0. The Morgan fingerprint density at radius 3 is 1.80 bits per heavy atom. The molecule has 0 bridgehead atoms. The second kappa shape index (κ2) is 3.87. The molecular formula is C6H9F3O5S. The van der Waals surface area contributed by atoms with E-state index in [4.69, 9.17) is 0 Å². The van der Waals surface area contributed by atoms with E-state index in [9.17, 15) is 26.4 Å². The van der Waals surface area contributed by atoms with E-state index < -0.39 is 27.4 Å². The van der Waals surface area contributed by atoms with Gasteiger partial charge in [0.15, 0.2) is 0 Å². The fraction of sp³-hybridized carbons (Fsp3) is 0.833.